The average molecular weight is 445 g/mol. The van der Waals surface area contributed by atoms with Crippen molar-refractivity contribution in [3.8, 4) is 5.75 Å². The smallest absolute Gasteiger partial charge is 0.308 e. The Kier molecular flexibility index (Phi) is 6.75. The van der Waals surface area contributed by atoms with Gasteiger partial charge < -0.3 is 20.1 Å². The highest BCUT2D eigenvalue weighted by Crippen LogP contribution is 2.36. The molecule has 1 aliphatic heterocycles. The number of benzene rings is 2. The highest BCUT2D eigenvalue weighted by Gasteiger charge is 2.30. The van der Waals surface area contributed by atoms with Crippen LogP contribution in [0.1, 0.15) is 13.3 Å². The summed E-state index contributed by atoms with van der Waals surface area (Å²) < 4.78 is 10.2. The molecule has 10 nitrogen and oxygen atoms in total. The Hall–Kier alpha value is -3.60. The van der Waals surface area contributed by atoms with Crippen molar-refractivity contribution in [1.82, 2.24) is 0 Å². The van der Waals surface area contributed by atoms with Crippen LogP contribution in [0.15, 0.2) is 47.4 Å². The van der Waals surface area contributed by atoms with Crippen LogP contribution < -0.4 is 15.4 Å². The number of esters is 1. The van der Waals surface area contributed by atoms with Crippen molar-refractivity contribution in [2.24, 2.45) is 0 Å². The average Bonchev–Trinajstić information content (AvgIpc) is 2.74. The number of hydrogen-bond donors (Lipinski definition) is 2. The fourth-order valence-corrected chi connectivity index (χ4v) is 3.91. The van der Waals surface area contributed by atoms with E-state index in [2.05, 4.69) is 10.6 Å². The quantitative estimate of drug-likeness (QED) is 0.377. The van der Waals surface area contributed by atoms with Gasteiger partial charge in [-0.1, -0.05) is 12.1 Å². The summed E-state index contributed by atoms with van der Waals surface area (Å²) in [7, 11) is 1.35. The Labute approximate surface area is 181 Å². The molecule has 162 valence electrons. The van der Waals surface area contributed by atoms with Gasteiger partial charge in [0.2, 0.25) is 5.91 Å². The summed E-state index contributed by atoms with van der Waals surface area (Å²) in [5, 5.41) is 15.5. The van der Waals surface area contributed by atoms with E-state index in [1.54, 1.807) is 12.1 Å². The van der Waals surface area contributed by atoms with E-state index in [0.717, 1.165) is 11.0 Å². The first-order valence-electron chi connectivity index (χ1n) is 9.18. The summed E-state index contributed by atoms with van der Waals surface area (Å²) in [6, 6.07) is 11.0. The highest BCUT2D eigenvalue weighted by molar-refractivity contribution is 8.01. The number of nitrogens with zero attached hydrogens (tertiary/aromatic N) is 1. The first-order valence-corrected chi connectivity index (χ1v) is 10.1. The maximum Gasteiger partial charge on any atom is 0.308 e. The molecule has 3 rings (SSSR count). The van der Waals surface area contributed by atoms with Crippen molar-refractivity contribution in [2.45, 2.75) is 29.6 Å². The van der Waals surface area contributed by atoms with E-state index in [0.29, 0.717) is 5.69 Å². The lowest BCUT2D eigenvalue weighted by molar-refractivity contribution is -0.384. The normalized spacial score (nSPS) is 15.8. The van der Waals surface area contributed by atoms with E-state index >= 15 is 0 Å². The maximum absolute atomic E-state index is 12.4. The minimum absolute atomic E-state index is 0.0726. The number of methoxy groups -OCH3 is 1. The van der Waals surface area contributed by atoms with E-state index in [1.807, 2.05) is 12.1 Å². The topological polar surface area (TPSA) is 137 Å². The number of carbonyl (C=O) groups is 3. The fourth-order valence-electron chi connectivity index (χ4n) is 2.82. The molecule has 2 atom stereocenters. The third-order valence-corrected chi connectivity index (χ3v) is 5.66. The first kappa shape index (κ1) is 22.1. The van der Waals surface area contributed by atoms with E-state index in [4.69, 9.17) is 9.47 Å². The first-order chi connectivity index (χ1) is 14.8. The van der Waals surface area contributed by atoms with Crippen molar-refractivity contribution >= 4 is 46.6 Å². The lowest BCUT2D eigenvalue weighted by Gasteiger charge is -2.23. The van der Waals surface area contributed by atoms with Crippen molar-refractivity contribution in [3.05, 3.63) is 52.6 Å². The number of non-ortho nitro benzene ring substituents is 1. The lowest BCUT2D eigenvalue weighted by atomic mass is 10.2. The van der Waals surface area contributed by atoms with E-state index in [9.17, 15) is 24.5 Å². The Balaban J connectivity index is 1.60. The third-order valence-electron chi connectivity index (χ3n) is 4.39. The van der Waals surface area contributed by atoms with Gasteiger partial charge >= 0.3 is 5.97 Å². The monoisotopic (exact) mass is 445 g/mol. The second-order valence-corrected chi connectivity index (χ2v) is 7.80. The maximum atomic E-state index is 12.4. The number of anilines is 2. The number of carbonyl (C=O) groups excluding carboxylic acids is 3. The van der Waals surface area contributed by atoms with Crippen LogP contribution in [0.3, 0.4) is 0 Å². The van der Waals surface area contributed by atoms with E-state index in [-0.39, 0.29) is 29.5 Å². The van der Waals surface area contributed by atoms with Gasteiger partial charge in [-0.05, 0) is 25.1 Å². The molecule has 0 radical (unpaired) electrons. The SMILES string of the molecule is COc1ccc([N+](=O)[O-])cc1NC(=O)[C@@H](C)OC(=O)C[C@H]1Sc2ccccc2NC1=O. The van der Waals surface area contributed by atoms with Crippen LogP contribution >= 0.6 is 11.8 Å². The summed E-state index contributed by atoms with van der Waals surface area (Å²) >= 11 is 1.25. The molecule has 11 heteroatoms. The predicted octanol–water partition coefficient (Wildman–Crippen LogP) is 2.98. The Bertz CT molecular complexity index is 1040. The molecular formula is C20H19N3O7S. The van der Waals surface area contributed by atoms with Gasteiger partial charge in [-0.25, -0.2) is 0 Å². The molecule has 2 N–H and O–H groups in total. The molecule has 31 heavy (non-hydrogen) atoms. The number of nitrogens with one attached hydrogen (secondary N) is 2. The summed E-state index contributed by atoms with van der Waals surface area (Å²) in [5.74, 6) is -1.52. The number of hydrogen-bond acceptors (Lipinski definition) is 8. The molecule has 2 aromatic carbocycles. The molecule has 2 amide bonds. The number of para-hydroxylation sites is 1. The molecule has 0 unspecified atom stereocenters. The van der Waals surface area contributed by atoms with Crippen molar-refractivity contribution in [2.75, 3.05) is 17.7 Å². The van der Waals surface area contributed by atoms with Gasteiger partial charge in [0.1, 0.15) is 5.75 Å². The van der Waals surface area contributed by atoms with Gasteiger partial charge in [-0.2, -0.15) is 0 Å². The van der Waals surface area contributed by atoms with Crippen LogP contribution in [0, 0.1) is 10.1 Å². The standard InChI is InChI=1S/C20H19N3O7S/c1-11(19(25)22-14-9-12(23(27)28)7-8-15(14)29-2)30-18(24)10-17-20(26)21-13-5-3-4-6-16(13)31-17/h3-9,11,17H,10H2,1-2H3,(H,21,26)(H,22,25)/t11-,17-/m1/s1. The van der Waals surface area contributed by atoms with Crippen LogP contribution in [-0.4, -0.2) is 41.2 Å². The Morgan fingerprint density at radius 2 is 2.03 bits per heavy atom. The molecule has 1 heterocycles. The molecule has 0 saturated heterocycles. The van der Waals surface area contributed by atoms with Gasteiger partial charge in [0, 0.05) is 17.0 Å². The molecular weight excluding hydrogens is 426 g/mol. The number of thioether (sulfide) groups is 1. The largest absolute Gasteiger partial charge is 0.495 e. The number of amides is 2. The Morgan fingerprint density at radius 3 is 2.74 bits per heavy atom. The number of rotatable bonds is 7. The molecule has 0 aliphatic carbocycles. The summed E-state index contributed by atoms with van der Waals surface area (Å²) in [5.41, 5.74) is 0.519. The lowest BCUT2D eigenvalue weighted by Crippen LogP contribution is -2.34. The zero-order valence-corrected chi connectivity index (χ0v) is 17.4. The van der Waals surface area contributed by atoms with Gasteiger partial charge in [0.25, 0.3) is 11.6 Å². The number of fused-ring (bicyclic) bond motifs is 1. The molecule has 0 fully saturated rings. The van der Waals surface area contributed by atoms with Crippen LogP contribution in [0.5, 0.6) is 5.75 Å². The van der Waals surface area contributed by atoms with Crippen LogP contribution in [0.2, 0.25) is 0 Å². The number of nitro groups is 1. The minimum Gasteiger partial charge on any atom is -0.495 e. The van der Waals surface area contributed by atoms with Gasteiger partial charge in [0.05, 0.1) is 35.1 Å². The zero-order valence-electron chi connectivity index (χ0n) is 16.6. The zero-order chi connectivity index (χ0) is 22.5. The molecule has 1 aliphatic rings. The molecule has 0 saturated carbocycles. The van der Waals surface area contributed by atoms with Gasteiger partial charge in [-0.15, -0.1) is 11.8 Å². The highest BCUT2D eigenvalue weighted by atomic mass is 32.2. The second-order valence-electron chi connectivity index (χ2n) is 6.56. The molecule has 0 spiro atoms. The van der Waals surface area contributed by atoms with E-state index < -0.39 is 28.2 Å². The van der Waals surface area contributed by atoms with Gasteiger partial charge in [0.15, 0.2) is 6.10 Å². The summed E-state index contributed by atoms with van der Waals surface area (Å²) in [4.78, 5) is 48.1. The van der Waals surface area contributed by atoms with E-state index in [1.165, 1.54) is 37.9 Å². The third kappa shape index (κ3) is 5.31. The summed E-state index contributed by atoms with van der Waals surface area (Å²) in [6.07, 6.45) is -1.41. The second kappa shape index (κ2) is 9.47. The summed E-state index contributed by atoms with van der Waals surface area (Å²) in [6.45, 7) is 1.36. The predicted molar refractivity (Wildman–Crippen MR) is 113 cm³/mol. The molecule has 0 bridgehead atoms. The van der Waals surface area contributed by atoms with Crippen molar-refractivity contribution in [3.63, 3.8) is 0 Å². The number of ether oxygens (including phenoxy) is 2. The van der Waals surface area contributed by atoms with Gasteiger partial charge in [-0.3, -0.25) is 24.5 Å². The minimum atomic E-state index is -1.19. The van der Waals surface area contributed by atoms with Crippen LogP contribution in [0.25, 0.3) is 0 Å². The van der Waals surface area contributed by atoms with Crippen molar-refractivity contribution in [1.29, 1.82) is 0 Å². The van der Waals surface area contributed by atoms with Crippen LogP contribution in [0.4, 0.5) is 17.1 Å². The molecule has 0 aromatic heterocycles. The fraction of sp³-hybridized carbons (Fsp3) is 0.250. The van der Waals surface area contributed by atoms with Crippen molar-refractivity contribution < 1.29 is 28.8 Å². The Morgan fingerprint density at radius 1 is 1.29 bits per heavy atom. The molecule has 2 aromatic rings. The van der Waals surface area contributed by atoms with Crippen LogP contribution in [-0.2, 0) is 19.1 Å². The number of nitro benzene ring substituents is 1.